The van der Waals surface area contributed by atoms with Crippen LogP contribution in [0.4, 0.5) is 0 Å². The van der Waals surface area contributed by atoms with Gasteiger partial charge < -0.3 is 35.6 Å². The Morgan fingerprint density at radius 3 is 1.76 bits per heavy atom. The van der Waals surface area contributed by atoms with Crippen molar-refractivity contribution in [2.45, 2.75) is 105 Å². The van der Waals surface area contributed by atoms with Gasteiger partial charge in [-0.1, -0.05) is 48.0 Å². The third-order valence-electron chi connectivity index (χ3n) is 8.74. The van der Waals surface area contributed by atoms with Crippen molar-refractivity contribution in [3.8, 4) is 0 Å². The summed E-state index contributed by atoms with van der Waals surface area (Å²) in [7, 11) is 5.83. The van der Waals surface area contributed by atoms with Crippen molar-refractivity contribution in [3.05, 3.63) is 0 Å². The molecule has 0 spiro atoms. The Balaban J connectivity index is 3.63. The summed E-state index contributed by atoms with van der Waals surface area (Å²) >= 11 is 0. The topological polar surface area (TPSA) is 169 Å². The Morgan fingerprint density at radius 1 is 0.696 bits per heavy atom. The lowest BCUT2D eigenvalue weighted by Gasteiger charge is -2.35. The first-order valence-corrected chi connectivity index (χ1v) is 16.2. The van der Waals surface area contributed by atoms with Crippen LogP contribution in [0.5, 0.6) is 0 Å². The summed E-state index contributed by atoms with van der Waals surface area (Å²) in [5.74, 6) is -4.01. The fraction of sp³-hybridized carbons (Fsp3) is 0.781. The summed E-state index contributed by atoms with van der Waals surface area (Å²) in [4.78, 5) is 98.7. The molecule has 1 saturated heterocycles. The van der Waals surface area contributed by atoms with E-state index >= 15 is 0 Å². The zero-order valence-corrected chi connectivity index (χ0v) is 29.8. The molecule has 1 fully saturated rings. The molecule has 1 aliphatic heterocycles. The molecule has 0 aromatic carbocycles. The van der Waals surface area contributed by atoms with E-state index in [1.165, 1.54) is 61.6 Å². The second-order valence-electron chi connectivity index (χ2n) is 13.4. The van der Waals surface area contributed by atoms with Gasteiger partial charge in [0.2, 0.25) is 41.4 Å². The molecule has 0 aromatic rings. The SMILES string of the molecule is CCC(C)C1NC(=O)CNC(=O)C(C)N(C)C(=O)C(C)N(C)C(=O)[C@H](CC(C)C)NC(=O)C(CC(C)C)N(C)C(=O)CN(C)C1=O. The fourth-order valence-electron chi connectivity index (χ4n) is 5.14. The number of likely N-dealkylation sites (N-methyl/N-ethyl adjacent to an activating group) is 4. The maximum Gasteiger partial charge on any atom is 0.245 e. The van der Waals surface area contributed by atoms with Crippen LogP contribution >= 0.6 is 0 Å². The molecule has 7 amide bonds. The van der Waals surface area contributed by atoms with E-state index in [2.05, 4.69) is 16.0 Å². The number of hydrogen-bond donors (Lipinski definition) is 3. The Kier molecular flexibility index (Phi) is 15.6. The molecule has 0 bridgehead atoms. The van der Waals surface area contributed by atoms with Crippen molar-refractivity contribution < 1.29 is 33.6 Å². The van der Waals surface area contributed by atoms with Crippen LogP contribution in [-0.2, 0) is 33.6 Å². The third kappa shape index (κ3) is 11.0. The molecule has 1 rings (SSSR count). The predicted octanol–water partition coefficient (Wildman–Crippen LogP) is 0.203. The first kappa shape index (κ1) is 40.3. The lowest BCUT2D eigenvalue weighted by Crippen LogP contribution is -2.58. The van der Waals surface area contributed by atoms with E-state index in [4.69, 9.17) is 0 Å². The largest absolute Gasteiger partial charge is 0.345 e. The number of nitrogens with one attached hydrogen (secondary N) is 3. The number of rotatable bonds is 6. The molecule has 14 nitrogen and oxygen atoms in total. The summed E-state index contributed by atoms with van der Waals surface area (Å²) in [6.07, 6.45) is 1.13. The number of nitrogens with zero attached hydrogens (tertiary/aromatic N) is 4. The molecule has 3 N–H and O–H groups in total. The lowest BCUT2D eigenvalue weighted by atomic mass is 9.97. The second-order valence-corrected chi connectivity index (χ2v) is 13.4. The van der Waals surface area contributed by atoms with Gasteiger partial charge in [0.05, 0.1) is 13.1 Å². The van der Waals surface area contributed by atoms with Crippen LogP contribution in [0, 0.1) is 17.8 Å². The molecular formula is C32H57N7O7. The lowest BCUT2D eigenvalue weighted by molar-refractivity contribution is -0.148. The molecule has 6 atom stereocenters. The highest BCUT2D eigenvalue weighted by atomic mass is 16.2. The quantitative estimate of drug-likeness (QED) is 0.369. The number of carbonyl (C=O) groups excluding carboxylic acids is 7. The number of amides is 7. The Bertz CT molecular complexity index is 1130. The predicted molar refractivity (Wildman–Crippen MR) is 174 cm³/mol. The van der Waals surface area contributed by atoms with E-state index in [9.17, 15) is 33.6 Å². The number of hydrogen-bond acceptors (Lipinski definition) is 7. The Morgan fingerprint density at radius 2 is 1.24 bits per heavy atom. The van der Waals surface area contributed by atoms with E-state index in [1.54, 1.807) is 6.92 Å². The highest BCUT2D eigenvalue weighted by Crippen LogP contribution is 2.16. The fourth-order valence-corrected chi connectivity index (χ4v) is 5.14. The smallest absolute Gasteiger partial charge is 0.245 e. The first-order valence-electron chi connectivity index (χ1n) is 16.2. The van der Waals surface area contributed by atoms with Crippen LogP contribution in [0.3, 0.4) is 0 Å². The maximum absolute atomic E-state index is 13.8. The molecule has 0 radical (unpaired) electrons. The van der Waals surface area contributed by atoms with E-state index in [1.807, 2.05) is 34.6 Å². The molecule has 1 aliphatic rings. The van der Waals surface area contributed by atoms with Crippen LogP contribution < -0.4 is 16.0 Å². The molecule has 0 aromatic heterocycles. The summed E-state index contributed by atoms with van der Waals surface area (Å²) in [6, 6.07) is -4.86. The van der Waals surface area contributed by atoms with Crippen molar-refractivity contribution in [1.82, 2.24) is 35.6 Å². The monoisotopic (exact) mass is 651 g/mol. The van der Waals surface area contributed by atoms with Crippen LogP contribution in [-0.4, -0.2) is 132 Å². The van der Waals surface area contributed by atoms with Gasteiger partial charge in [-0.05, 0) is 44.4 Å². The van der Waals surface area contributed by atoms with Crippen LogP contribution in [0.25, 0.3) is 0 Å². The third-order valence-corrected chi connectivity index (χ3v) is 8.74. The minimum atomic E-state index is -0.983. The van der Waals surface area contributed by atoms with E-state index in [-0.39, 0.29) is 30.7 Å². The highest BCUT2D eigenvalue weighted by molar-refractivity contribution is 5.97. The zero-order valence-electron chi connectivity index (χ0n) is 29.8. The summed E-state index contributed by atoms with van der Waals surface area (Å²) in [5, 5.41) is 8.03. The molecule has 262 valence electrons. The summed E-state index contributed by atoms with van der Waals surface area (Å²) in [6.45, 7) is 13.5. The summed E-state index contributed by atoms with van der Waals surface area (Å²) in [5.41, 5.74) is 0. The Labute approximate surface area is 274 Å². The molecule has 0 saturated carbocycles. The first-order chi connectivity index (χ1) is 21.2. The summed E-state index contributed by atoms with van der Waals surface area (Å²) < 4.78 is 0. The van der Waals surface area contributed by atoms with Crippen LogP contribution in [0.1, 0.15) is 74.7 Å². The van der Waals surface area contributed by atoms with Crippen molar-refractivity contribution in [3.63, 3.8) is 0 Å². The minimum absolute atomic E-state index is 0.00637. The van der Waals surface area contributed by atoms with Gasteiger partial charge in [0.25, 0.3) is 0 Å². The van der Waals surface area contributed by atoms with E-state index in [0.29, 0.717) is 12.8 Å². The number of carbonyl (C=O) groups is 7. The van der Waals surface area contributed by atoms with Gasteiger partial charge in [-0.25, -0.2) is 0 Å². The average molecular weight is 652 g/mol. The van der Waals surface area contributed by atoms with Crippen molar-refractivity contribution >= 4 is 41.4 Å². The van der Waals surface area contributed by atoms with Crippen molar-refractivity contribution in [1.29, 1.82) is 0 Å². The van der Waals surface area contributed by atoms with E-state index in [0.717, 1.165) is 0 Å². The van der Waals surface area contributed by atoms with E-state index < -0.39 is 78.1 Å². The van der Waals surface area contributed by atoms with Gasteiger partial charge in [-0.15, -0.1) is 0 Å². The molecule has 5 unspecified atom stereocenters. The van der Waals surface area contributed by atoms with Gasteiger partial charge >= 0.3 is 0 Å². The zero-order chi connectivity index (χ0) is 35.6. The minimum Gasteiger partial charge on any atom is -0.345 e. The molecule has 46 heavy (non-hydrogen) atoms. The van der Waals surface area contributed by atoms with Crippen LogP contribution in [0.2, 0.25) is 0 Å². The maximum atomic E-state index is 13.8. The van der Waals surface area contributed by atoms with Gasteiger partial charge in [0, 0.05) is 28.2 Å². The standard InChI is InChI=1S/C32H57N7O7/c1-13-20(6)27-32(46)36(9)17-26(41)39(12)24(15-19(4)5)29(43)34-23(14-18(2)3)31(45)38(11)22(8)30(44)37(10)21(7)28(42)33-16-25(40)35-27/h18-24,27H,13-17H2,1-12H3,(H,33,42)(H,34,43)(H,35,40)/t20?,21?,22?,23-,24?,27?/m0/s1. The Hall–Kier alpha value is -3.71. The molecule has 0 aliphatic carbocycles. The second kappa shape index (κ2) is 17.8. The average Bonchev–Trinajstić information content (AvgIpc) is 3.00. The molecular weight excluding hydrogens is 594 g/mol. The van der Waals surface area contributed by atoms with Crippen LogP contribution in [0.15, 0.2) is 0 Å². The highest BCUT2D eigenvalue weighted by Gasteiger charge is 2.37. The molecule has 14 heteroatoms. The van der Waals surface area contributed by atoms with Gasteiger partial charge in [-0.3, -0.25) is 33.6 Å². The molecule has 1 heterocycles. The normalized spacial score (nSPS) is 26.7. The van der Waals surface area contributed by atoms with Crippen molar-refractivity contribution in [2.75, 3.05) is 41.3 Å². The van der Waals surface area contributed by atoms with Crippen molar-refractivity contribution in [2.24, 2.45) is 17.8 Å². The van der Waals surface area contributed by atoms with Gasteiger partial charge in [0.15, 0.2) is 0 Å². The van der Waals surface area contributed by atoms with Gasteiger partial charge in [0.1, 0.15) is 30.2 Å². The van der Waals surface area contributed by atoms with Gasteiger partial charge in [-0.2, -0.15) is 0 Å².